The van der Waals surface area contributed by atoms with Crippen molar-refractivity contribution in [2.24, 2.45) is 0 Å². The maximum absolute atomic E-state index is 3.55. The van der Waals surface area contributed by atoms with Crippen LogP contribution in [0.3, 0.4) is 0 Å². The van der Waals surface area contributed by atoms with Gasteiger partial charge in [0.15, 0.2) is 0 Å². The zero-order valence-corrected chi connectivity index (χ0v) is 15.8. The Hall–Kier alpha value is -3.26. The van der Waals surface area contributed by atoms with Gasteiger partial charge in [-0.1, -0.05) is 60.7 Å². The van der Waals surface area contributed by atoms with Gasteiger partial charge in [-0.2, -0.15) is 0 Å². The van der Waals surface area contributed by atoms with Gasteiger partial charge in [0, 0.05) is 36.5 Å². The van der Waals surface area contributed by atoms with Gasteiger partial charge in [0.1, 0.15) is 0 Å². The van der Waals surface area contributed by atoms with E-state index in [9.17, 15) is 0 Å². The highest BCUT2D eigenvalue weighted by atomic mass is 15.1. The van der Waals surface area contributed by atoms with Crippen LogP contribution in [0.5, 0.6) is 0 Å². The molecule has 0 spiro atoms. The van der Waals surface area contributed by atoms with Crippen molar-refractivity contribution in [3.63, 3.8) is 0 Å². The van der Waals surface area contributed by atoms with Crippen molar-refractivity contribution in [2.75, 3.05) is 24.3 Å². The molecule has 0 saturated carbocycles. The Balaban J connectivity index is 1.67. The van der Waals surface area contributed by atoms with Crippen molar-refractivity contribution in [1.29, 1.82) is 0 Å². The average molecular weight is 352 g/mol. The molecule has 0 aliphatic rings. The lowest BCUT2D eigenvalue weighted by Gasteiger charge is -2.15. The fourth-order valence-corrected chi connectivity index (χ4v) is 3.43. The second kappa shape index (κ2) is 7.55. The number of para-hydroxylation sites is 1. The van der Waals surface area contributed by atoms with Gasteiger partial charge in [0.2, 0.25) is 0 Å². The molecule has 0 aliphatic carbocycles. The molecule has 0 aliphatic heterocycles. The summed E-state index contributed by atoms with van der Waals surface area (Å²) in [4.78, 5) is 2.13. The summed E-state index contributed by atoms with van der Waals surface area (Å²) in [6.07, 6.45) is 0.930. The number of hydrogen-bond acceptors (Lipinski definition) is 2. The first-order valence-corrected chi connectivity index (χ1v) is 9.30. The smallest absolute Gasteiger partial charge is 0.0464 e. The summed E-state index contributed by atoms with van der Waals surface area (Å²) in [5.74, 6) is 0. The predicted molar refractivity (Wildman–Crippen MR) is 117 cm³/mol. The van der Waals surface area contributed by atoms with Crippen molar-refractivity contribution in [2.45, 2.75) is 6.42 Å². The minimum absolute atomic E-state index is 0.930. The lowest BCUT2D eigenvalue weighted by Crippen LogP contribution is -2.08. The SMILES string of the molecule is CN(C)c1ccc(Cc2ccc(Nc3ccccc3)c3ccccc23)cc1. The van der Waals surface area contributed by atoms with E-state index in [-0.39, 0.29) is 0 Å². The summed E-state index contributed by atoms with van der Waals surface area (Å²) in [5.41, 5.74) is 6.15. The third kappa shape index (κ3) is 3.80. The monoisotopic (exact) mass is 352 g/mol. The topological polar surface area (TPSA) is 15.3 Å². The number of nitrogens with one attached hydrogen (secondary N) is 1. The molecule has 0 amide bonds. The van der Waals surface area contributed by atoms with Gasteiger partial charge < -0.3 is 10.2 Å². The molecule has 0 radical (unpaired) electrons. The summed E-state index contributed by atoms with van der Waals surface area (Å²) in [6.45, 7) is 0. The highest BCUT2D eigenvalue weighted by molar-refractivity contribution is 5.97. The van der Waals surface area contributed by atoms with Crippen LogP contribution in [-0.2, 0) is 6.42 Å². The Labute approximate surface area is 161 Å². The number of nitrogens with zero attached hydrogens (tertiary/aromatic N) is 1. The average Bonchev–Trinajstić information content (AvgIpc) is 2.71. The quantitative estimate of drug-likeness (QED) is 0.457. The third-order valence-electron chi connectivity index (χ3n) is 4.91. The van der Waals surface area contributed by atoms with Crippen LogP contribution in [0.2, 0.25) is 0 Å². The largest absolute Gasteiger partial charge is 0.378 e. The van der Waals surface area contributed by atoms with E-state index in [4.69, 9.17) is 0 Å². The summed E-state index contributed by atoms with van der Waals surface area (Å²) in [7, 11) is 4.14. The van der Waals surface area contributed by atoms with Crippen LogP contribution in [0.4, 0.5) is 17.1 Å². The molecule has 4 aromatic rings. The first-order chi connectivity index (χ1) is 13.2. The minimum Gasteiger partial charge on any atom is -0.378 e. The van der Waals surface area contributed by atoms with Gasteiger partial charge in [-0.3, -0.25) is 0 Å². The molecule has 0 heterocycles. The summed E-state index contributed by atoms with van der Waals surface area (Å²) in [6, 6.07) is 32.2. The molecule has 0 atom stereocenters. The van der Waals surface area contributed by atoms with Crippen LogP contribution in [0.15, 0.2) is 91.0 Å². The molecule has 0 bridgehead atoms. The molecule has 0 unspecified atom stereocenters. The number of rotatable bonds is 5. The molecule has 2 nitrogen and oxygen atoms in total. The maximum Gasteiger partial charge on any atom is 0.0464 e. The van der Waals surface area contributed by atoms with Gasteiger partial charge in [0.05, 0.1) is 0 Å². The van der Waals surface area contributed by atoms with E-state index in [0.717, 1.165) is 17.8 Å². The zero-order valence-electron chi connectivity index (χ0n) is 15.8. The fourth-order valence-electron chi connectivity index (χ4n) is 3.43. The van der Waals surface area contributed by atoms with Crippen molar-refractivity contribution in [3.8, 4) is 0 Å². The highest BCUT2D eigenvalue weighted by Crippen LogP contribution is 2.30. The van der Waals surface area contributed by atoms with Crippen molar-refractivity contribution >= 4 is 27.8 Å². The first-order valence-electron chi connectivity index (χ1n) is 9.30. The third-order valence-corrected chi connectivity index (χ3v) is 4.91. The van der Waals surface area contributed by atoms with E-state index in [1.165, 1.54) is 27.6 Å². The maximum atomic E-state index is 3.55. The van der Waals surface area contributed by atoms with Gasteiger partial charge in [-0.05, 0) is 53.3 Å². The molecule has 4 rings (SSSR count). The molecule has 4 aromatic carbocycles. The lowest BCUT2D eigenvalue weighted by molar-refractivity contribution is 1.12. The predicted octanol–water partition coefficient (Wildman–Crippen LogP) is 6.24. The normalized spacial score (nSPS) is 10.7. The molecule has 0 aromatic heterocycles. The number of hydrogen-bond donors (Lipinski definition) is 1. The van der Waals surface area contributed by atoms with Gasteiger partial charge >= 0.3 is 0 Å². The summed E-state index contributed by atoms with van der Waals surface area (Å²) in [5, 5.41) is 6.11. The Morgan fingerprint density at radius 1 is 0.667 bits per heavy atom. The van der Waals surface area contributed by atoms with E-state index in [1.807, 2.05) is 6.07 Å². The molecule has 27 heavy (non-hydrogen) atoms. The fraction of sp³-hybridized carbons (Fsp3) is 0.120. The van der Waals surface area contributed by atoms with Crippen molar-refractivity contribution in [1.82, 2.24) is 0 Å². The molecule has 0 saturated heterocycles. The van der Waals surface area contributed by atoms with Gasteiger partial charge in [0.25, 0.3) is 0 Å². The second-order valence-corrected chi connectivity index (χ2v) is 7.05. The molecule has 2 heteroatoms. The van der Waals surface area contributed by atoms with Crippen LogP contribution < -0.4 is 10.2 Å². The summed E-state index contributed by atoms with van der Waals surface area (Å²) < 4.78 is 0. The molecule has 134 valence electrons. The van der Waals surface area contributed by atoms with Crippen molar-refractivity contribution in [3.05, 3.63) is 102 Å². The standard InChI is InChI=1S/C25H24N2/c1-27(2)22-15-12-19(13-16-22)18-20-14-17-25(24-11-7-6-10-23(20)24)26-21-8-4-3-5-9-21/h3-17,26H,18H2,1-2H3. The van der Waals surface area contributed by atoms with E-state index in [1.54, 1.807) is 0 Å². The molecule has 0 fully saturated rings. The Morgan fingerprint density at radius 3 is 2.04 bits per heavy atom. The van der Waals surface area contributed by atoms with Crippen LogP contribution in [-0.4, -0.2) is 14.1 Å². The first kappa shape index (κ1) is 17.2. The number of anilines is 3. The minimum atomic E-state index is 0.930. The summed E-state index contributed by atoms with van der Waals surface area (Å²) >= 11 is 0. The highest BCUT2D eigenvalue weighted by Gasteiger charge is 2.07. The Kier molecular flexibility index (Phi) is 4.80. The van der Waals surface area contributed by atoms with Crippen LogP contribution in [0, 0.1) is 0 Å². The lowest BCUT2D eigenvalue weighted by atomic mass is 9.97. The van der Waals surface area contributed by atoms with E-state index < -0.39 is 0 Å². The van der Waals surface area contributed by atoms with Gasteiger partial charge in [-0.15, -0.1) is 0 Å². The Morgan fingerprint density at radius 2 is 1.33 bits per heavy atom. The second-order valence-electron chi connectivity index (χ2n) is 7.05. The van der Waals surface area contributed by atoms with E-state index >= 15 is 0 Å². The van der Waals surface area contributed by atoms with E-state index in [2.05, 4.69) is 109 Å². The molecular weight excluding hydrogens is 328 g/mol. The molecule has 1 N–H and O–H groups in total. The Bertz CT molecular complexity index is 1030. The van der Waals surface area contributed by atoms with Crippen molar-refractivity contribution < 1.29 is 0 Å². The van der Waals surface area contributed by atoms with E-state index in [0.29, 0.717) is 0 Å². The zero-order chi connectivity index (χ0) is 18.6. The number of fused-ring (bicyclic) bond motifs is 1. The van der Waals surface area contributed by atoms with Crippen LogP contribution in [0.1, 0.15) is 11.1 Å². The number of benzene rings is 4. The molecular formula is C25H24N2. The van der Waals surface area contributed by atoms with Crippen LogP contribution in [0.25, 0.3) is 10.8 Å². The van der Waals surface area contributed by atoms with Crippen LogP contribution >= 0.6 is 0 Å². The van der Waals surface area contributed by atoms with Gasteiger partial charge in [-0.25, -0.2) is 0 Å².